The molecule has 2 aromatic heterocycles. The van der Waals surface area contributed by atoms with Crippen molar-refractivity contribution in [3.8, 4) is 5.69 Å². The molecule has 0 atom stereocenters. The summed E-state index contributed by atoms with van der Waals surface area (Å²) < 4.78 is 1.63. The van der Waals surface area contributed by atoms with Crippen LogP contribution in [0.2, 0.25) is 0 Å². The number of nitrogens with zero attached hydrogens (tertiary/aromatic N) is 5. The molecule has 3 aromatic rings. The van der Waals surface area contributed by atoms with Crippen molar-refractivity contribution in [2.45, 2.75) is 13.5 Å². The first-order chi connectivity index (χ1) is 9.33. The first-order valence-corrected chi connectivity index (χ1v) is 5.88. The van der Waals surface area contributed by atoms with E-state index in [0.717, 1.165) is 22.6 Å². The van der Waals surface area contributed by atoms with E-state index in [0.29, 0.717) is 6.54 Å². The molecule has 0 radical (unpaired) electrons. The predicted molar refractivity (Wildman–Crippen MR) is 69.8 cm³/mol. The van der Waals surface area contributed by atoms with Gasteiger partial charge in [0, 0.05) is 11.9 Å². The number of hydrogen-bond donors (Lipinski definition) is 2. The molecule has 0 fully saturated rings. The smallest absolute Gasteiger partial charge is 0.143 e. The number of anilines is 1. The number of H-pyrrole nitrogens is 1. The van der Waals surface area contributed by atoms with E-state index in [1.807, 2.05) is 18.2 Å². The van der Waals surface area contributed by atoms with E-state index in [4.69, 9.17) is 0 Å². The zero-order valence-corrected chi connectivity index (χ0v) is 10.4. The summed E-state index contributed by atoms with van der Waals surface area (Å²) in [6.07, 6.45) is 5.04. The Morgan fingerprint density at radius 2 is 2.32 bits per heavy atom. The molecular weight excluding hydrogens is 242 g/mol. The molecule has 1 aromatic carbocycles. The largest absolute Gasteiger partial charge is 0.379 e. The van der Waals surface area contributed by atoms with Crippen molar-refractivity contribution < 1.29 is 0 Å². The Hall–Kier alpha value is -2.70. The Labute approximate surface area is 109 Å². The van der Waals surface area contributed by atoms with Crippen LogP contribution in [-0.4, -0.2) is 30.2 Å². The van der Waals surface area contributed by atoms with Crippen LogP contribution in [0.15, 0.2) is 37.1 Å². The van der Waals surface area contributed by atoms with Crippen LogP contribution in [0.3, 0.4) is 0 Å². The average Bonchev–Trinajstić information content (AvgIpc) is 3.11. The van der Waals surface area contributed by atoms with Crippen LogP contribution < -0.4 is 5.32 Å². The van der Waals surface area contributed by atoms with Crippen molar-refractivity contribution in [1.29, 1.82) is 0 Å². The molecule has 0 bridgehead atoms. The van der Waals surface area contributed by atoms with Gasteiger partial charge in [0.1, 0.15) is 6.33 Å². The highest BCUT2D eigenvalue weighted by atomic mass is 15.5. The molecule has 0 aliphatic rings. The predicted octanol–water partition coefficient (Wildman–Crippen LogP) is 1.31. The Kier molecular flexibility index (Phi) is 2.93. The zero-order valence-electron chi connectivity index (χ0n) is 10.4. The highest BCUT2D eigenvalue weighted by Crippen LogP contribution is 2.19. The number of hydrogen-bond acceptors (Lipinski definition) is 5. The van der Waals surface area contributed by atoms with Crippen molar-refractivity contribution in [3.63, 3.8) is 0 Å². The Balaban J connectivity index is 1.82. The molecule has 0 spiro atoms. The Bertz CT molecular complexity index is 643. The number of aryl methyl sites for hydroxylation is 1. The summed E-state index contributed by atoms with van der Waals surface area (Å²) >= 11 is 0. The molecule has 0 unspecified atom stereocenters. The van der Waals surface area contributed by atoms with E-state index in [2.05, 4.69) is 37.7 Å². The zero-order chi connectivity index (χ0) is 13.1. The van der Waals surface area contributed by atoms with Gasteiger partial charge in [-0.05, 0) is 35.0 Å². The van der Waals surface area contributed by atoms with Gasteiger partial charge in [0.15, 0.2) is 0 Å². The lowest BCUT2D eigenvalue weighted by Gasteiger charge is -2.10. The third-order valence-corrected chi connectivity index (χ3v) is 2.86. The number of aromatic amines is 1. The molecular formula is C12H13N7. The molecule has 0 saturated carbocycles. The van der Waals surface area contributed by atoms with Gasteiger partial charge in [-0.2, -0.15) is 0 Å². The van der Waals surface area contributed by atoms with Crippen LogP contribution in [0.5, 0.6) is 0 Å². The fraction of sp³-hybridized carbons (Fsp3) is 0.167. The molecule has 7 nitrogen and oxygen atoms in total. The third-order valence-electron chi connectivity index (χ3n) is 2.86. The van der Waals surface area contributed by atoms with Crippen LogP contribution >= 0.6 is 0 Å². The van der Waals surface area contributed by atoms with Crippen molar-refractivity contribution in [3.05, 3.63) is 48.3 Å². The average molecular weight is 255 g/mol. The highest BCUT2D eigenvalue weighted by Gasteiger charge is 2.03. The van der Waals surface area contributed by atoms with Gasteiger partial charge in [0.2, 0.25) is 0 Å². The molecule has 2 heterocycles. The lowest BCUT2D eigenvalue weighted by atomic mass is 10.2. The number of tetrazole rings is 1. The van der Waals surface area contributed by atoms with Gasteiger partial charge in [-0.3, -0.25) is 0 Å². The normalized spacial score (nSPS) is 10.6. The fourth-order valence-corrected chi connectivity index (χ4v) is 1.79. The van der Waals surface area contributed by atoms with Gasteiger partial charge in [0.05, 0.1) is 24.3 Å². The first-order valence-electron chi connectivity index (χ1n) is 5.88. The summed E-state index contributed by atoms with van der Waals surface area (Å²) in [7, 11) is 0. The van der Waals surface area contributed by atoms with Gasteiger partial charge in [-0.25, -0.2) is 9.67 Å². The van der Waals surface area contributed by atoms with Gasteiger partial charge in [-0.15, -0.1) is 5.10 Å². The molecule has 0 amide bonds. The maximum Gasteiger partial charge on any atom is 0.143 e. The number of rotatable bonds is 4. The summed E-state index contributed by atoms with van der Waals surface area (Å²) in [5.41, 5.74) is 4.16. The minimum atomic E-state index is 0.694. The van der Waals surface area contributed by atoms with Gasteiger partial charge in [0.25, 0.3) is 0 Å². The fourth-order valence-electron chi connectivity index (χ4n) is 1.79. The van der Waals surface area contributed by atoms with Gasteiger partial charge in [-0.1, -0.05) is 6.07 Å². The second-order valence-corrected chi connectivity index (χ2v) is 4.18. The maximum absolute atomic E-state index is 3.99. The molecule has 0 aliphatic heterocycles. The molecule has 2 N–H and O–H groups in total. The van der Waals surface area contributed by atoms with E-state index >= 15 is 0 Å². The molecule has 19 heavy (non-hydrogen) atoms. The van der Waals surface area contributed by atoms with Crippen LogP contribution in [0.25, 0.3) is 5.69 Å². The minimum absolute atomic E-state index is 0.694. The second kappa shape index (κ2) is 4.89. The van der Waals surface area contributed by atoms with Crippen molar-refractivity contribution in [1.82, 2.24) is 30.2 Å². The number of benzene rings is 1. The third kappa shape index (κ3) is 2.44. The van der Waals surface area contributed by atoms with Gasteiger partial charge < -0.3 is 10.3 Å². The summed E-state index contributed by atoms with van der Waals surface area (Å²) in [4.78, 5) is 7.05. The SMILES string of the molecule is Cc1ccc(-n2cnnn2)cc1NCc1cnc[nH]1. The molecule has 0 aliphatic carbocycles. The molecule has 7 heteroatoms. The summed E-state index contributed by atoms with van der Waals surface area (Å²) in [6.45, 7) is 2.75. The van der Waals surface area contributed by atoms with E-state index in [9.17, 15) is 0 Å². The number of aromatic nitrogens is 6. The van der Waals surface area contributed by atoms with Crippen molar-refractivity contribution in [2.75, 3.05) is 5.32 Å². The maximum atomic E-state index is 3.99. The second-order valence-electron chi connectivity index (χ2n) is 4.18. The summed E-state index contributed by atoms with van der Waals surface area (Å²) in [5.74, 6) is 0. The van der Waals surface area contributed by atoms with Crippen LogP contribution in [0.1, 0.15) is 11.3 Å². The summed E-state index contributed by atoms with van der Waals surface area (Å²) in [5, 5.41) is 14.5. The van der Waals surface area contributed by atoms with E-state index in [-0.39, 0.29) is 0 Å². The van der Waals surface area contributed by atoms with Crippen molar-refractivity contribution >= 4 is 5.69 Å². The molecule has 0 saturated heterocycles. The van der Waals surface area contributed by atoms with E-state index in [1.54, 1.807) is 23.5 Å². The van der Waals surface area contributed by atoms with Gasteiger partial charge >= 0.3 is 0 Å². The molecule has 3 rings (SSSR count). The lowest BCUT2D eigenvalue weighted by Crippen LogP contribution is -2.03. The topological polar surface area (TPSA) is 84.3 Å². The van der Waals surface area contributed by atoms with Crippen LogP contribution in [-0.2, 0) is 6.54 Å². The van der Waals surface area contributed by atoms with E-state index in [1.165, 1.54) is 0 Å². The number of nitrogens with one attached hydrogen (secondary N) is 2. The lowest BCUT2D eigenvalue weighted by molar-refractivity contribution is 0.789. The first kappa shape index (κ1) is 11.4. The molecule has 96 valence electrons. The quantitative estimate of drug-likeness (QED) is 0.734. The number of imidazole rings is 1. The standard InChI is InChI=1S/C12H13N7/c1-9-2-3-11(19-8-16-17-18-19)4-12(9)14-6-10-5-13-7-15-10/h2-5,7-8,14H,6H2,1H3,(H,13,15). The Morgan fingerprint density at radius 3 is 3.05 bits per heavy atom. The van der Waals surface area contributed by atoms with Crippen LogP contribution in [0, 0.1) is 6.92 Å². The monoisotopic (exact) mass is 255 g/mol. The minimum Gasteiger partial charge on any atom is -0.379 e. The Morgan fingerprint density at radius 1 is 1.37 bits per heavy atom. The summed E-state index contributed by atoms with van der Waals surface area (Å²) in [6, 6.07) is 6.03. The van der Waals surface area contributed by atoms with E-state index < -0.39 is 0 Å². The van der Waals surface area contributed by atoms with Crippen LogP contribution in [0.4, 0.5) is 5.69 Å². The van der Waals surface area contributed by atoms with Crippen molar-refractivity contribution in [2.24, 2.45) is 0 Å². The highest BCUT2D eigenvalue weighted by molar-refractivity contribution is 5.56.